The van der Waals surface area contributed by atoms with Crippen molar-refractivity contribution in [3.05, 3.63) is 35.1 Å². The van der Waals surface area contributed by atoms with Gasteiger partial charge >= 0.3 is 0 Å². The Balaban J connectivity index is 1.81. The molecule has 0 spiro atoms. The Hall–Kier alpha value is -1.42. The molecule has 1 aliphatic heterocycles. The Morgan fingerprint density at radius 1 is 1.50 bits per heavy atom. The fourth-order valence-electron chi connectivity index (χ4n) is 2.68. The first-order chi connectivity index (χ1) is 9.56. The smallest absolute Gasteiger partial charge is 0.251 e. The maximum Gasteiger partial charge on any atom is 0.251 e. The van der Waals surface area contributed by atoms with Gasteiger partial charge in [0.15, 0.2) is 0 Å². The summed E-state index contributed by atoms with van der Waals surface area (Å²) >= 11 is 0. The Labute approximate surface area is 119 Å². The largest absolute Gasteiger partial charge is 0.378 e. The first-order valence-corrected chi connectivity index (χ1v) is 7.22. The van der Waals surface area contributed by atoms with Crippen molar-refractivity contribution < 1.29 is 13.9 Å². The second kappa shape index (κ2) is 6.84. The third-order valence-electron chi connectivity index (χ3n) is 3.88. The maximum absolute atomic E-state index is 13.2. The quantitative estimate of drug-likeness (QED) is 0.920. The molecule has 0 aliphatic carbocycles. The van der Waals surface area contributed by atoms with Gasteiger partial charge in [-0.05, 0) is 56.7 Å². The number of nitrogens with one attached hydrogen (secondary N) is 1. The van der Waals surface area contributed by atoms with Crippen molar-refractivity contribution in [3.63, 3.8) is 0 Å². The van der Waals surface area contributed by atoms with E-state index in [1.54, 1.807) is 6.07 Å². The van der Waals surface area contributed by atoms with Crippen molar-refractivity contribution in [2.24, 2.45) is 5.92 Å². The lowest BCUT2D eigenvalue weighted by Crippen LogP contribution is -2.29. The summed E-state index contributed by atoms with van der Waals surface area (Å²) in [4.78, 5) is 12.0. The normalized spacial score (nSPS) is 22.6. The molecule has 1 aliphatic rings. The van der Waals surface area contributed by atoms with Crippen LogP contribution in [0.4, 0.5) is 4.39 Å². The average Bonchev–Trinajstić information content (AvgIpc) is 2.41. The molecule has 0 saturated carbocycles. The molecule has 1 aromatic rings. The molecule has 0 bridgehead atoms. The number of ether oxygens (including phenoxy) is 1. The molecule has 2 rings (SSSR count). The van der Waals surface area contributed by atoms with Gasteiger partial charge in [-0.1, -0.05) is 6.07 Å². The number of aryl methyl sites for hydroxylation is 1. The van der Waals surface area contributed by atoms with Crippen molar-refractivity contribution in [2.45, 2.75) is 39.2 Å². The van der Waals surface area contributed by atoms with Gasteiger partial charge in [-0.2, -0.15) is 0 Å². The van der Waals surface area contributed by atoms with E-state index >= 15 is 0 Å². The van der Waals surface area contributed by atoms with Gasteiger partial charge in [0.1, 0.15) is 5.82 Å². The number of benzene rings is 1. The highest BCUT2D eigenvalue weighted by Crippen LogP contribution is 2.22. The van der Waals surface area contributed by atoms with Gasteiger partial charge in [0.2, 0.25) is 0 Å². The number of amides is 1. The molecule has 2 atom stereocenters. The third-order valence-corrected chi connectivity index (χ3v) is 3.88. The van der Waals surface area contributed by atoms with Crippen LogP contribution in [-0.4, -0.2) is 25.2 Å². The molecule has 1 aromatic carbocycles. The van der Waals surface area contributed by atoms with Crippen molar-refractivity contribution in [1.29, 1.82) is 0 Å². The van der Waals surface area contributed by atoms with Crippen LogP contribution in [0.2, 0.25) is 0 Å². The summed E-state index contributed by atoms with van der Waals surface area (Å²) < 4.78 is 18.7. The Bertz CT molecular complexity index is 476. The molecule has 1 saturated heterocycles. The highest BCUT2D eigenvalue weighted by atomic mass is 19.1. The fraction of sp³-hybridized carbons (Fsp3) is 0.562. The van der Waals surface area contributed by atoms with Crippen LogP contribution in [0.15, 0.2) is 18.2 Å². The lowest BCUT2D eigenvalue weighted by molar-refractivity contribution is 0.00109. The number of halogens is 1. The van der Waals surface area contributed by atoms with Crippen molar-refractivity contribution in [2.75, 3.05) is 13.2 Å². The summed E-state index contributed by atoms with van der Waals surface area (Å²) in [5, 5.41) is 2.88. The van der Waals surface area contributed by atoms with Crippen LogP contribution in [0.25, 0.3) is 0 Å². The first kappa shape index (κ1) is 15.0. The predicted molar refractivity (Wildman–Crippen MR) is 76.2 cm³/mol. The molecule has 0 radical (unpaired) electrons. The van der Waals surface area contributed by atoms with E-state index in [0.29, 0.717) is 24.1 Å². The molecular weight excluding hydrogens is 257 g/mol. The topological polar surface area (TPSA) is 38.3 Å². The van der Waals surface area contributed by atoms with Crippen LogP contribution in [0.1, 0.15) is 42.1 Å². The van der Waals surface area contributed by atoms with Gasteiger partial charge in [0, 0.05) is 18.7 Å². The fourth-order valence-corrected chi connectivity index (χ4v) is 2.68. The molecule has 3 nitrogen and oxygen atoms in total. The van der Waals surface area contributed by atoms with E-state index in [1.807, 2.05) is 6.92 Å². The van der Waals surface area contributed by atoms with Crippen LogP contribution in [0, 0.1) is 18.7 Å². The summed E-state index contributed by atoms with van der Waals surface area (Å²) in [6.07, 6.45) is 3.37. The van der Waals surface area contributed by atoms with Crippen LogP contribution in [-0.2, 0) is 4.74 Å². The van der Waals surface area contributed by atoms with E-state index in [1.165, 1.54) is 12.1 Å². The van der Waals surface area contributed by atoms with Gasteiger partial charge < -0.3 is 10.1 Å². The Kier molecular flexibility index (Phi) is 5.12. The molecule has 1 fully saturated rings. The van der Waals surface area contributed by atoms with E-state index in [0.717, 1.165) is 31.4 Å². The van der Waals surface area contributed by atoms with Crippen molar-refractivity contribution in [1.82, 2.24) is 5.32 Å². The number of hydrogen-bond donors (Lipinski definition) is 1. The zero-order valence-corrected chi connectivity index (χ0v) is 12.1. The summed E-state index contributed by atoms with van der Waals surface area (Å²) in [5.74, 6) is 0.0359. The zero-order chi connectivity index (χ0) is 14.5. The van der Waals surface area contributed by atoms with Gasteiger partial charge in [0.05, 0.1) is 6.10 Å². The monoisotopic (exact) mass is 279 g/mol. The molecule has 0 aromatic heterocycles. The number of carbonyl (C=O) groups excluding carboxylic acids is 1. The van der Waals surface area contributed by atoms with Gasteiger partial charge in [0.25, 0.3) is 5.91 Å². The molecule has 4 heteroatoms. The minimum Gasteiger partial charge on any atom is -0.378 e. The molecule has 1 N–H and O–H groups in total. The number of carbonyl (C=O) groups is 1. The summed E-state index contributed by atoms with van der Waals surface area (Å²) in [6, 6.07) is 4.29. The second-order valence-electron chi connectivity index (χ2n) is 5.58. The van der Waals surface area contributed by atoms with Gasteiger partial charge in [-0.25, -0.2) is 4.39 Å². The molecular formula is C16H22FNO2. The third kappa shape index (κ3) is 4.04. The molecule has 1 heterocycles. The molecule has 20 heavy (non-hydrogen) atoms. The van der Waals surface area contributed by atoms with Gasteiger partial charge in [-0.15, -0.1) is 0 Å². The molecule has 110 valence electrons. The van der Waals surface area contributed by atoms with E-state index in [9.17, 15) is 9.18 Å². The number of hydrogen-bond acceptors (Lipinski definition) is 2. The Morgan fingerprint density at radius 3 is 3.05 bits per heavy atom. The Morgan fingerprint density at radius 2 is 2.30 bits per heavy atom. The maximum atomic E-state index is 13.2. The van der Waals surface area contributed by atoms with Crippen LogP contribution < -0.4 is 5.32 Å². The summed E-state index contributed by atoms with van der Waals surface area (Å²) in [7, 11) is 0. The summed E-state index contributed by atoms with van der Waals surface area (Å²) in [5.41, 5.74) is 1.22. The lowest BCUT2D eigenvalue weighted by atomic mass is 9.93. The van der Waals surface area contributed by atoms with E-state index < -0.39 is 0 Å². The molecule has 2 unspecified atom stereocenters. The summed E-state index contributed by atoms with van der Waals surface area (Å²) in [6.45, 7) is 5.34. The van der Waals surface area contributed by atoms with E-state index in [4.69, 9.17) is 4.74 Å². The highest BCUT2D eigenvalue weighted by molar-refractivity contribution is 5.95. The van der Waals surface area contributed by atoms with E-state index in [2.05, 4.69) is 12.2 Å². The van der Waals surface area contributed by atoms with Gasteiger partial charge in [-0.3, -0.25) is 4.79 Å². The zero-order valence-electron chi connectivity index (χ0n) is 12.1. The van der Waals surface area contributed by atoms with E-state index in [-0.39, 0.29) is 11.7 Å². The lowest BCUT2D eigenvalue weighted by Gasteiger charge is -2.27. The van der Waals surface area contributed by atoms with Crippen LogP contribution >= 0.6 is 0 Å². The predicted octanol–water partition coefficient (Wildman–Crippen LogP) is 3.07. The van der Waals surface area contributed by atoms with Crippen LogP contribution in [0.5, 0.6) is 0 Å². The van der Waals surface area contributed by atoms with Crippen LogP contribution in [0.3, 0.4) is 0 Å². The van der Waals surface area contributed by atoms with Crippen molar-refractivity contribution in [3.8, 4) is 0 Å². The highest BCUT2D eigenvalue weighted by Gasteiger charge is 2.19. The minimum absolute atomic E-state index is 0.192. The average molecular weight is 279 g/mol. The SMILES string of the molecule is Cc1ccc(F)cc1C(=O)NCCC1CCOC(C)C1. The minimum atomic E-state index is -0.376. The van der Waals surface area contributed by atoms with Crippen molar-refractivity contribution >= 4 is 5.91 Å². The number of rotatable bonds is 4. The molecule has 1 amide bonds. The second-order valence-corrected chi connectivity index (χ2v) is 5.58. The first-order valence-electron chi connectivity index (χ1n) is 7.22. The standard InChI is InChI=1S/C16H22FNO2/c1-11-3-4-14(17)10-15(11)16(19)18-7-5-13-6-8-20-12(2)9-13/h3-4,10,12-13H,5-9H2,1-2H3,(H,18,19).